The number of thioether (sulfide) groups is 1. The van der Waals surface area contributed by atoms with E-state index in [9.17, 15) is 4.79 Å². The summed E-state index contributed by atoms with van der Waals surface area (Å²) in [4.78, 5) is 16.6. The zero-order valence-electron chi connectivity index (χ0n) is 15.9. The summed E-state index contributed by atoms with van der Waals surface area (Å²) in [5.74, 6) is 1.82. The van der Waals surface area contributed by atoms with Gasteiger partial charge in [-0.15, -0.1) is 0 Å². The fourth-order valence-corrected chi connectivity index (χ4v) is 3.37. The van der Waals surface area contributed by atoms with Crippen LogP contribution in [0.15, 0.2) is 66.1 Å². The van der Waals surface area contributed by atoms with Gasteiger partial charge in [-0.1, -0.05) is 23.9 Å². The molecular formula is C21H23N3O3S. The minimum atomic E-state index is -0.0758. The van der Waals surface area contributed by atoms with Crippen molar-refractivity contribution in [3.05, 3.63) is 66.5 Å². The second-order valence-electron chi connectivity index (χ2n) is 5.98. The number of carbonyl (C=O) groups excluding carboxylic acids is 1. The number of imidazole rings is 1. The number of carbonyl (C=O) groups is 1. The van der Waals surface area contributed by atoms with E-state index in [-0.39, 0.29) is 11.7 Å². The molecule has 1 amide bonds. The third kappa shape index (κ3) is 5.53. The third-order valence-corrected chi connectivity index (χ3v) is 4.98. The number of rotatable bonds is 9. The average Bonchev–Trinajstić information content (AvgIpc) is 3.16. The zero-order chi connectivity index (χ0) is 19.8. The Morgan fingerprint density at radius 3 is 2.50 bits per heavy atom. The lowest BCUT2D eigenvalue weighted by atomic mass is 10.2. The molecule has 3 rings (SSSR count). The summed E-state index contributed by atoms with van der Waals surface area (Å²) in [6.45, 7) is 3.24. The Hall–Kier alpha value is -2.93. The van der Waals surface area contributed by atoms with E-state index in [4.69, 9.17) is 9.47 Å². The van der Waals surface area contributed by atoms with E-state index >= 15 is 0 Å². The molecule has 0 spiro atoms. The molecule has 0 aliphatic heterocycles. The van der Waals surface area contributed by atoms with Gasteiger partial charge >= 0.3 is 0 Å². The van der Waals surface area contributed by atoms with Gasteiger partial charge in [-0.2, -0.15) is 0 Å². The highest BCUT2D eigenvalue weighted by molar-refractivity contribution is 7.99. The molecule has 1 heterocycles. The van der Waals surface area contributed by atoms with Crippen molar-refractivity contribution in [2.75, 3.05) is 24.8 Å². The Balaban J connectivity index is 1.53. The first-order valence-corrected chi connectivity index (χ1v) is 9.96. The normalized spacial score (nSPS) is 10.5. The largest absolute Gasteiger partial charge is 0.497 e. The Bertz CT molecular complexity index is 892. The maximum atomic E-state index is 12.2. The van der Waals surface area contributed by atoms with E-state index in [2.05, 4.69) is 10.3 Å². The molecule has 28 heavy (non-hydrogen) atoms. The van der Waals surface area contributed by atoms with Crippen LogP contribution in [0, 0.1) is 0 Å². The van der Waals surface area contributed by atoms with Gasteiger partial charge < -0.3 is 19.4 Å². The van der Waals surface area contributed by atoms with Gasteiger partial charge in [0.25, 0.3) is 0 Å². The van der Waals surface area contributed by atoms with Crippen molar-refractivity contribution in [3.8, 4) is 11.5 Å². The molecule has 0 atom stereocenters. The van der Waals surface area contributed by atoms with E-state index in [0.29, 0.717) is 13.2 Å². The van der Waals surface area contributed by atoms with Gasteiger partial charge in [-0.3, -0.25) is 4.79 Å². The molecule has 146 valence electrons. The first-order valence-electron chi connectivity index (χ1n) is 8.97. The van der Waals surface area contributed by atoms with Crippen LogP contribution >= 0.6 is 11.8 Å². The summed E-state index contributed by atoms with van der Waals surface area (Å²) in [7, 11) is 1.65. The van der Waals surface area contributed by atoms with Gasteiger partial charge in [0.2, 0.25) is 5.91 Å². The monoisotopic (exact) mass is 397 g/mol. The van der Waals surface area contributed by atoms with Crippen LogP contribution in [0.25, 0.3) is 0 Å². The summed E-state index contributed by atoms with van der Waals surface area (Å²) in [6, 6.07) is 15.3. The van der Waals surface area contributed by atoms with Gasteiger partial charge in [0.15, 0.2) is 5.16 Å². The van der Waals surface area contributed by atoms with E-state index in [1.807, 2.05) is 66.2 Å². The third-order valence-electron chi connectivity index (χ3n) is 3.97. The number of amides is 1. The van der Waals surface area contributed by atoms with Crippen LogP contribution in [0.1, 0.15) is 12.5 Å². The van der Waals surface area contributed by atoms with Crippen molar-refractivity contribution >= 4 is 23.4 Å². The average molecular weight is 398 g/mol. The molecule has 1 aromatic heterocycles. The minimum Gasteiger partial charge on any atom is -0.497 e. The number of hydrogen-bond acceptors (Lipinski definition) is 5. The second kappa shape index (κ2) is 9.85. The molecule has 7 heteroatoms. The van der Waals surface area contributed by atoms with Crippen molar-refractivity contribution in [1.29, 1.82) is 0 Å². The summed E-state index contributed by atoms with van der Waals surface area (Å²) in [5.41, 5.74) is 1.88. The van der Waals surface area contributed by atoms with Crippen LogP contribution in [0.5, 0.6) is 11.5 Å². The van der Waals surface area contributed by atoms with Crippen molar-refractivity contribution in [1.82, 2.24) is 9.55 Å². The Kier molecular flexibility index (Phi) is 6.97. The predicted molar refractivity (Wildman–Crippen MR) is 111 cm³/mol. The standard InChI is InChI=1S/C21H23N3O3S/c1-3-27-19-10-6-17(7-11-19)23-20(25)15-28-21-22-12-13-24(21)14-16-4-8-18(26-2)9-5-16/h4-13H,3,14-15H2,1-2H3,(H,23,25). The number of hydrogen-bond donors (Lipinski definition) is 1. The van der Waals surface area contributed by atoms with Gasteiger partial charge in [0.05, 0.1) is 19.5 Å². The number of ether oxygens (including phenoxy) is 2. The Labute approximate surface area is 168 Å². The van der Waals surface area contributed by atoms with Gasteiger partial charge in [0.1, 0.15) is 11.5 Å². The van der Waals surface area contributed by atoms with E-state index < -0.39 is 0 Å². The predicted octanol–water partition coefficient (Wildman–Crippen LogP) is 4.07. The number of aromatic nitrogens is 2. The summed E-state index contributed by atoms with van der Waals surface area (Å²) < 4.78 is 12.6. The Morgan fingerprint density at radius 1 is 1.11 bits per heavy atom. The van der Waals surface area contributed by atoms with Crippen molar-refractivity contribution in [2.24, 2.45) is 0 Å². The van der Waals surface area contributed by atoms with Crippen LogP contribution in [0.4, 0.5) is 5.69 Å². The lowest BCUT2D eigenvalue weighted by Gasteiger charge is -2.09. The number of nitrogens with zero attached hydrogens (tertiary/aromatic N) is 2. The summed E-state index contributed by atoms with van der Waals surface area (Å²) >= 11 is 1.41. The van der Waals surface area contributed by atoms with Crippen molar-refractivity contribution < 1.29 is 14.3 Å². The van der Waals surface area contributed by atoms with Crippen LogP contribution < -0.4 is 14.8 Å². The molecule has 1 N–H and O–H groups in total. The number of benzene rings is 2. The van der Waals surface area contributed by atoms with Crippen LogP contribution in [0.2, 0.25) is 0 Å². The van der Waals surface area contributed by atoms with Gasteiger partial charge in [-0.05, 0) is 48.9 Å². The summed E-state index contributed by atoms with van der Waals surface area (Å²) in [6.07, 6.45) is 3.66. The lowest BCUT2D eigenvalue weighted by molar-refractivity contribution is -0.113. The molecule has 0 radical (unpaired) electrons. The van der Waals surface area contributed by atoms with E-state index in [1.54, 1.807) is 13.3 Å². The van der Waals surface area contributed by atoms with Crippen LogP contribution in [0.3, 0.4) is 0 Å². The highest BCUT2D eigenvalue weighted by Gasteiger charge is 2.09. The van der Waals surface area contributed by atoms with Gasteiger partial charge in [0, 0.05) is 24.6 Å². The molecular weight excluding hydrogens is 374 g/mol. The SMILES string of the molecule is CCOc1ccc(NC(=O)CSc2nccn2Cc2ccc(OC)cc2)cc1. The van der Waals surface area contributed by atoms with E-state index in [0.717, 1.165) is 27.9 Å². The molecule has 3 aromatic rings. The van der Waals surface area contributed by atoms with Crippen molar-refractivity contribution in [3.63, 3.8) is 0 Å². The molecule has 0 unspecified atom stereocenters. The van der Waals surface area contributed by atoms with Crippen LogP contribution in [-0.4, -0.2) is 34.9 Å². The molecule has 0 saturated carbocycles. The molecule has 0 aliphatic carbocycles. The summed E-state index contributed by atoms with van der Waals surface area (Å²) in [5, 5.41) is 3.69. The van der Waals surface area contributed by atoms with E-state index in [1.165, 1.54) is 11.8 Å². The molecule has 0 saturated heterocycles. The highest BCUT2D eigenvalue weighted by atomic mass is 32.2. The lowest BCUT2D eigenvalue weighted by Crippen LogP contribution is -2.14. The second-order valence-corrected chi connectivity index (χ2v) is 6.92. The highest BCUT2D eigenvalue weighted by Crippen LogP contribution is 2.20. The molecule has 0 aliphatic rings. The molecule has 2 aromatic carbocycles. The molecule has 0 fully saturated rings. The number of methoxy groups -OCH3 is 1. The maximum Gasteiger partial charge on any atom is 0.234 e. The minimum absolute atomic E-state index is 0.0758. The maximum absolute atomic E-state index is 12.2. The first-order chi connectivity index (χ1) is 13.7. The smallest absolute Gasteiger partial charge is 0.234 e. The topological polar surface area (TPSA) is 65.4 Å². The number of nitrogens with one attached hydrogen (secondary N) is 1. The fourth-order valence-electron chi connectivity index (χ4n) is 2.61. The van der Waals surface area contributed by atoms with Crippen LogP contribution in [-0.2, 0) is 11.3 Å². The number of anilines is 1. The molecule has 0 bridgehead atoms. The zero-order valence-corrected chi connectivity index (χ0v) is 16.7. The van der Waals surface area contributed by atoms with Crippen molar-refractivity contribution in [2.45, 2.75) is 18.6 Å². The molecule has 6 nitrogen and oxygen atoms in total. The quantitative estimate of drug-likeness (QED) is 0.552. The fraction of sp³-hybridized carbons (Fsp3) is 0.238. The Morgan fingerprint density at radius 2 is 1.82 bits per heavy atom. The van der Waals surface area contributed by atoms with Gasteiger partial charge in [-0.25, -0.2) is 4.98 Å². The first kappa shape index (κ1) is 19.8.